The van der Waals surface area contributed by atoms with Gasteiger partial charge in [-0.2, -0.15) is 10.2 Å². The van der Waals surface area contributed by atoms with Gasteiger partial charge in [0.05, 0.1) is 5.69 Å². The zero-order valence-corrected chi connectivity index (χ0v) is 14.6. The zero-order valence-electron chi connectivity index (χ0n) is 14.6. The molecule has 1 aliphatic rings. The van der Waals surface area contributed by atoms with E-state index in [4.69, 9.17) is 0 Å². The molecule has 4 rings (SSSR count). The molecule has 0 radical (unpaired) electrons. The number of anilines is 1. The van der Waals surface area contributed by atoms with E-state index in [0.29, 0.717) is 6.54 Å². The first-order valence-corrected chi connectivity index (χ1v) is 8.73. The fourth-order valence-corrected chi connectivity index (χ4v) is 3.27. The van der Waals surface area contributed by atoms with Crippen LogP contribution >= 0.6 is 0 Å². The standard InChI is InChI=1S/C18H21N7O/c1-12-20-17(24-22-12)14-3-2-10-25(11-14)18(26)21-15-6-4-13(5-7-15)16-8-9-19-23-16/h4-9,14H,2-3,10-11H2,1H3,(H,19,23)(H,21,26)(H,20,22,24). The molecule has 1 aliphatic heterocycles. The third kappa shape index (κ3) is 3.44. The largest absolute Gasteiger partial charge is 0.324 e. The minimum atomic E-state index is -0.0868. The van der Waals surface area contributed by atoms with Crippen LogP contribution in [0.15, 0.2) is 36.5 Å². The minimum absolute atomic E-state index is 0.0868. The second kappa shape index (κ2) is 6.99. The first-order chi connectivity index (χ1) is 12.7. The maximum Gasteiger partial charge on any atom is 0.321 e. The summed E-state index contributed by atoms with van der Waals surface area (Å²) >= 11 is 0. The Bertz CT molecular complexity index is 869. The number of aryl methyl sites for hydroxylation is 1. The molecule has 3 N–H and O–H groups in total. The molecule has 8 heteroatoms. The van der Waals surface area contributed by atoms with Crippen molar-refractivity contribution in [3.8, 4) is 11.3 Å². The van der Waals surface area contributed by atoms with Gasteiger partial charge in [-0.1, -0.05) is 12.1 Å². The lowest BCUT2D eigenvalue weighted by Crippen LogP contribution is -2.41. The van der Waals surface area contributed by atoms with Gasteiger partial charge in [-0.05, 0) is 43.5 Å². The number of carbonyl (C=O) groups excluding carboxylic acids is 1. The van der Waals surface area contributed by atoms with E-state index in [2.05, 4.69) is 30.7 Å². The SMILES string of the molecule is Cc1nc(C2CCCN(C(=O)Nc3ccc(-c4ccn[nH]4)cc3)C2)n[nH]1. The number of urea groups is 1. The van der Waals surface area contributed by atoms with Gasteiger partial charge < -0.3 is 10.2 Å². The molecule has 1 atom stereocenters. The molecule has 1 saturated heterocycles. The van der Waals surface area contributed by atoms with Gasteiger partial charge in [0.2, 0.25) is 0 Å². The molecule has 134 valence electrons. The van der Waals surface area contributed by atoms with E-state index in [1.807, 2.05) is 42.2 Å². The summed E-state index contributed by atoms with van der Waals surface area (Å²) in [5.41, 5.74) is 2.75. The van der Waals surface area contributed by atoms with Gasteiger partial charge in [-0.25, -0.2) is 9.78 Å². The lowest BCUT2D eigenvalue weighted by atomic mass is 9.97. The predicted octanol–water partition coefficient (Wildman–Crippen LogP) is 2.91. The monoisotopic (exact) mass is 351 g/mol. The van der Waals surface area contributed by atoms with Crippen molar-refractivity contribution in [1.82, 2.24) is 30.3 Å². The number of piperidine rings is 1. The van der Waals surface area contributed by atoms with Gasteiger partial charge >= 0.3 is 6.03 Å². The van der Waals surface area contributed by atoms with Crippen LogP contribution in [0.1, 0.15) is 30.4 Å². The average molecular weight is 351 g/mol. The number of nitrogens with one attached hydrogen (secondary N) is 3. The molecule has 0 spiro atoms. The minimum Gasteiger partial charge on any atom is -0.324 e. The van der Waals surface area contributed by atoms with Crippen LogP contribution in [0, 0.1) is 6.92 Å². The van der Waals surface area contributed by atoms with E-state index >= 15 is 0 Å². The van der Waals surface area contributed by atoms with Crippen molar-refractivity contribution >= 4 is 11.7 Å². The summed E-state index contributed by atoms with van der Waals surface area (Å²) in [6, 6.07) is 9.53. The number of nitrogens with zero attached hydrogens (tertiary/aromatic N) is 4. The van der Waals surface area contributed by atoms with Crippen LogP contribution in [0.5, 0.6) is 0 Å². The summed E-state index contributed by atoms with van der Waals surface area (Å²) in [5, 5.41) is 17.0. The molecule has 3 aromatic rings. The fraction of sp³-hybridized carbons (Fsp3) is 0.333. The van der Waals surface area contributed by atoms with E-state index < -0.39 is 0 Å². The summed E-state index contributed by atoms with van der Waals surface area (Å²) in [5.74, 6) is 1.78. The van der Waals surface area contributed by atoms with E-state index in [9.17, 15) is 4.79 Å². The Hall–Kier alpha value is -3.16. The number of amides is 2. The average Bonchev–Trinajstić information content (AvgIpc) is 3.34. The maximum atomic E-state index is 12.6. The van der Waals surface area contributed by atoms with Gasteiger partial charge in [0.25, 0.3) is 0 Å². The highest BCUT2D eigenvalue weighted by Crippen LogP contribution is 2.25. The summed E-state index contributed by atoms with van der Waals surface area (Å²) in [6.07, 6.45) is 3.66. The highest BCUT2D eigenvalue weighted by atomic mass is 16.2. The second-order valence-electron chi connectivity index (χ2n) is 6.54. The van der Waals surface area contributed by atoms with Crippen LogP contribution in [-0.2, 0) is 0 Å². The number of H-pyrrole nitrogens is 2. The van der Waals surface area contributed by atoms with Crippen LogP contribution < -0.4 is 5.32 Å². The lowest BCUT2D eigenvalue weighted by molar-refractivity contribution is 0.191. The third-order valence-corrected chi connectivity index (χ3v) is 4.64. The van der Waals surface area contributed by atoms with Crippen molar-refractivity contribution in [3.05, 3.63) is 48.2 Å². The Labute approximate surface area is 151 Å². The van der Waals surface area contributed by atoms with E-state index in [0.717, 1.165) is 48.0 Å². The topological polar surface area (TPSA) is 103 Å². The molecule has 3 heterocycles. The van der Waals surface area contributed by atoms with Gasteiger partial charge in [0.15, 0.2) is 5.82 Å². The van der Waals surface area contributed by atoms with Crippen molar-refractivity contribution in [2.45, 2.75) is 25.7 Å². The van der Waals surface area contributed by atoms with Gasteiger partial charge in [0.1, 0.15) is 5.82 Å². The van der Waals surface area contributed by atoms with E-state index in [-0.39, 0.29) is 11.9 Å². The molecule has 2 amide bonds. The van der Waals surface area contributed by atoms with Gasteiger partial charge in [-0.15, -0.1) is 0 Å². The molecule has 0 saturated carbocycles. The van der Waals surface area contributed by atoms with Crippen molar-refractivity contribution in [2.75, 3.05) is 18.4 Å². The molecular weight excluding hydrogens is 330 g/mol. The van der Waals surface area contributed by atoms with Crippen molar-refractivity contribution in [3.63, 3.8) is 0 Å². The number of hydrogen-bond acceptors (Lipinski definition) is 4. The summed E-state index contributed by atoms with van der Waals surface area (Å²) < 4.78 is 0. The molecule has 1 aromatic carbocycles. The number of likely N-dealkylation sites (tertiary alicyclic amines) is 1. The molecule has 0 bridgehead atoms. The van der Waals surface area contributed by atoms with Crippen LogP contribution in [-0.4, -0.2) is 49.4 Å². The normalized spacial score (nSPS) is 17.3. The highest BCUT2D eigenvalue weighted by molar-refractivity contribution is 5.89. The molecular formula is C18H21N7O. The summed E-state index contributed by atoms with van der Waals surface area (Å²) in [7, 11) is 0. The third-order valence-electron chi connectivity index (χ3n) is 4.64. The Morgan fingerprint density at radius 1 is 1.23 bits per heavy atom. The first-order valence-electron chi connectivity index (χ1n) is 8.73. The number of aromatic amines is 2. The molecule has 26 heavy (non-hydrogen) atoms. The van der Waals surface area contributed by atoms with Crippen molar-refractivity contribution in [2.24, 2.45) is 0 Å². The summed E-state index contributed by atoms with van der Waals surface area (Å²) in [6.45, 7) is 3.27. The van der Waals surface area contributed by atoms with Crippen LogP contribution in [0.3, 0.4) is 0 Å². The molecule has 8 nitrogen and oxygen atoms in total. The first kappa shape index (κ1) is 16.3. The van der Waals surface area contributed by atoms with Crippen molar-refractivity contribution in [1.29, 1.82) is 0 Å². The predicted molar refractivity (Wildman–Crippen MR) is 97.7 cm³/mol. The Kier molecular flexibility index (Phi) is 4.39. The lowest BCUT2D eigenvalue weighted by Gasteiger charge is -2.31. The Morgan fingerprint density at radius 3 is 2.77 bits per heavy atom. The maximum absolute atomic E-state index is 12.6. The van der Waals surface area contributed by atoms with Crippen molar-refractivity contribution < 1.29 is 4.79 Å². The number of rotatable bonds is 3. The van der Waals surface area contributed by atoms with Gasteiger partial charge in [-0.3, -0.25) is 10.2 Å². The molecule has 1 unspecified atom stereocenters. The Morgan fingerprint density at radius 2 is 2.08 bits per heavy atom. The quantitative estimate of drug-likeness (QED) is 0.675. The van der Waals surface area contributed by atoms with Crippen LogP contribution in [0.2, 0.25) is 0 Å². The van der Waals surface area contributed by atoms with E-state index in [1.165, 1.54) is 0 Å². The number of hydrogen-bond donors (Lipinski definition) is 3. The summed E-state index contributed by atoms with van der Waals surface area (Å²) in [4.78, 5) is 18.9. The van der Waals surface area contributed by atoms with E-state index in [1.54, 1.807) is 6.20 Å². The molecule has 2 aromatic heterocycles. The van der Waals surface area contributed by atoms with Gasteiger partial charge in [0, 0.05) is 30.9 Å². The second-order valence-corrected chi connectivity index (χ2v) is 6.54. The smallest absolute Gasteiger partial charge is 0.321 e. The zero-order chi connectivity index (χ0) is 17.9. The van der Waals surface area contributed by atoms with Crippen LogP contribution in [0.4, 0.5) is 10.5 Å². The van der Waals surface area contributed by atoms with Crippen LogP contribution in [0.25, 0.3) is 11.3 Å². The number of benzene rings is 1. The Balaban J connectivity index is 1.39. The fourth-order valence-electron chi connectivity index (χ4n) is 3.27. The molecule has 0 aliphatic carbocycles. The number of aromatic nitrogens is 5. The highest BCUT2D eigenvalue weighted by Gasteiger charge is 2.27. The number of carbonyl (C=O) groups is 1. The molecule has 1 fully saturated rings.